The van der Waals surface area contributed by atoms with Gasteiger partial charge >= 0.3 is 0 Å². The molecular formula is C20H23FN2O3. The van der Waals surface area contributed by atoms with Gasteiger partial charge in [0.05, 0.1) is 13.2 Å². The maximum atomic E-state index is 13.0. The first-order valence-corrected chi connectivity index (χ1v) is 8.81. The first kappa shape index (κ1) is 18.2. The Kier molecular flexibility index (Phi) is 6.07. The van der Waals surface area contributed by atoms with Crippen molar-refractivity contribution in [3.8, 4) is 5.75 Å². The van der Waals surface area contributed by atoms with Crippen molar-refractivity contribution in [2.75, 3.05) is 36.5 Å². The van der Waals surface area contributed by atoms with Crippen LogP contribution in [0.25, 0.3) is 0 Å². The van der Waals surface area contributed by atoms with Crippen LogP contribution in [0.4, 0.5) is 15.8 Å². The Hall–Kier alpha value is -2.60. The lowest BCUT2D eigenvalue weighted by atomic mass is 10.2. The number of rotatable bonds is 6. The molecule has 1 fully saturated rings. The highest BCUT2D eigenvalue weighted by molar-refractivity contribution is 5.94. The average Bonchev–Trinajstić information content (AvgIpc) is 2.68. The monoisotopic (exact) mass is 358 g/mol. The number of benzene rings is 2. The number of carbonyl (C=O) groups excluding carboxylic acids is 1. The van der Waals surface area contributed by atoms with E-state index in [1.165, 1.54) is 24.3 Å². The molecule has 1 amide bonds. The summed E-state index contributed by atoms with van der Waals surface area (Å²) >= 11 is 0. The van der Waals surface area contributed by atoms with Crippen molar-refractivity contribution < 1.29 is 18.7 Å². The molecule has 5 nitrogen and oxygen atoms in total. The maximum absolute atomic E-state index is 13.0. The van der Waals surface area contributed by atoms with Crippen molar-refractivity contribution in [3.63, 3.8) is 0 Å². The molecule has 0 bridgehead atoms. The molecule has 0 aromatic heterocycles. The number of halogens is 1. The van der Waals surface area contributed by atoms with Gasteiger partial charge in [-0.15, -0.1) is 0 Å². The lowest BCUT2D eigenvalue weighted by Crippen LogP contribution is -2.36. The predicted octanol–water partition coefficient (Wildman–Crippen LogP) is 3.46. The minimum absolute atomic E-state index is 0.226. The van der Waals surface area contributed by atoms with Gasteiger partial charge < -0.3 is 19.7 Å². The van der Waals surface area contributed by atoms with E-state index in [4.69, 9.17) is 9.47 Å². The van der Waals surface area contributed by atoms with Crippen molar-refractivity contribution >= 4 is 17.3 Å². The van der Waals surface area contributed by atoms with Crippen LogP contribution in [0.15, 0.2) is 48.5 Å². The average molecular weight is 358 g/mol. The Morgan fingerprint density at radius 1 is 1.15 bits per heavy atom. The largest absolute Gasteiger partial charge is 0.481 e. The smallest absolute Gasteiger partial charge is 0.265 e. The van der Waals surface area contributed by atoms with Gasteiger partial charge in [0, 0.05) is 24.5 Å². The van der Waals surface area contributed by atoms with Crippen molar-refractivity contribution in [2.24, 2.45) is 0 Å². The molecule has 1 saturated heterocycles. The summed E-state index contributed by atoms with van der Waals surface area (Å²) in [6.07, 6.45) is -0.130. The zero-order chi connectivity index (χ0) is 18.4. The Morgan fingerprint density at radius 2 is 1.81 bits per heavy atom. The minimum Gasteiger partial charge on any atom is -0.481 e. The minimum atomic E-state index is -0.639. The fourth-order valence-electron chi connectivity index (χ4n) is 2.80. The Balaban J connectivity index is 1.59. The van der Waals surface area contributed by atoms with E-state index in [9.17, 15) is 9.18 Å². The normalized spacial score (nSPS) is 15.4. The Morgan fingerprint density at radius 3 is 2.42 bits per heavy atom. The molecule has 138 valence electrons. The van der Waals surface area contributed by atoms with Crippen LogP contribution in [-0.2, 0) is 9.53 Å². The molecule has 1 aliphatic rings. The fraction of sp³-hybridized carbons (Fsp3) is 0.350. The molecular weight excluding hydrogens is 335 g/mol. The summed E-state index contributed by atoms with van der Waals surface area (Å²) in [6.45, 7) is 5.08. The van der Waals surface area contributed by atoms with Gasteiger partial charge in [-0.3, -0.25) is 4.79 Å². The first-order valence-electron chi connectivity index (χ1n) is 8.81. The van der Waals surface area contributed by atoms with Crippen molar-refractivity contribution in [2.45, 2.75) is 19.4 Å². The third-order valence-corrected chi connectivity index (χ3v) is 4.27. The van der Waals surface area contributed by atoms with Crippen molar-refractivity contribution in [1.29, 1.82) is 0 Å². The molecule has 0 radical (unpaired) electrons. The molecule has 1 atom stereocenters. The standard InChI is InChI=1S/C20H23FN2O3/c1-2-19(26-18-9-3-15(21)4-10-18)20(24)22-16-5-7-17(8-6-16)23-11-13-25-14-12-23/h3-10,19H,2,11-14H2,1H3,(H,22,24)/t19-/m0/s1. The van der Waals surface area contributed by atoms with E-state index in [0.29, 0.717) is 17.9 Å². The fourth-order valence-corrected chi connectivity index (χ4v) is 2.80. The van der Waals surface area contributed by atoms with Crippen LogP contribution in [-0.4, -0.2) is 38.3 Å². The second-order valence-corrected chi connectivity index (χ2v) is 6.10. The highest BCUT2D eigenvalue weighted by Crippen LogP contribution is 2.20. The molecule has 2 aromatic carbocycles. The number of hydrogen-bond donors (Lipinski definition) is 1. The lowest BCUT2D eigenvalue weighted by molar-refractivity contribution is -0.122. The van der Waals surface area contributed by atoms with Gasteiger partial charge in [0.2, 0.25) is 0 Å². The van der Waals surface area contributed by atoms with Gasteiger partial charge in [0.25, 0.3) is 5.91 Å². The second kappa shape index (κ2) is 8.67. The number of morpholine rings is 1. The highest BCUT2D eigenvalue weighted by Gasteiger charge is 2.19. The molecule has 1 heterocycles. The predicted molar refractivity (Wildman–Crippen MR) is 99.2 cm³/mol. The van der Waals surface area contributed by atoms with Crippen LogP contribution in [0, 0.1) is 5.82 Å². The molecule has 0 saturated carbocycles. The van der Waals surface area contributed by atoms with E-state index in [1.807, 2.05) is 31.2 Å². The SMILES string of the molecule is CC[C@H](Oc1ccc(F)cc1)C(=O)Nc1ccc(N2CCOCC2)cc1. The molecule has 26 heavy (non-hydrogen) atoms. The van der Waals surface area contributed by atoms with E-state index in [-0.39, 0.29) is 11.7 Å². The zero-order valence-corrected chi connectivity index (χ0v) is 14.8. The number of anilines is 2. The molecule has 1 aliphatic heterocycles. The number of ether oxygens (including phenoxy) is 2. The van der Waals surface area contributed by atoms with Crippen LogP contribution in [0.3, 0.4) is 0 Å². The molecule has 1 N–H and O–H groups in total. The number of amides is 1. The topological polar surface area (TPSA) is 50.8 Å². The summed E-state index contributed by atoms with van der Waals surface area (Å²) in [4.78, 5) is 14.7. The summed E-state index contributed by atoms with van der Waals surface area (Å²) in [5, 5.41) is 2.87. The van der Waals surface area contributed by atoms with E-state index in [0.717, 1.165) is 32.0 Å². The lowest BCUT2D eigenvalue weighted by Gasteiger charge is -2.29. The number of carbonyl (C=O) groups is 1. The Bertz CT molecular complexity index is 713. The van der Waals surface area contributed by atoms with Gasteiger partial charge in [-0.2, -0.15) is 0 Å². The summed E-state index contributed by atoms with van der Waals surface area (Å²) in [6, 6.07) is 13.4. The van der Waals surface area contributed by atoms with Crippen LogP contribution < -0.4 is 15.0 Å². The van der Waals surface area contributed by atoms with Crippen molar-refractivity contribution in [3.05, 3.63) is 54.3 Å². The quantitative estimate of drug-likeness (QED) is 0.859. The Labute approximate surface area is 152 Å². The van der Waals surface area contributed by atoms with Crippen LogP contribution in [0.1, 0.15) is 13.3 Å². The van der Waals surface area contributed by atoms with Crippen LogP contribution >= 0.6 is 0 Å². The third-order valence-electron chi connectivity index (χ3n) is 4.27. The van der Waals surface area contributed by atoms with Gasteiger partial charge in [-0.05, 0) is 55.0 Å². The molecule has 0 spiro atoms. The third kappa shape index (κ3) is 4.73. The van der Waals surface area contributed by atoms with Gasteiger partial charge in [-0.25, -0.2) is 4.39 Å². The van der Waals surface area contributed by atoms with E-state index >= 15 is 0 Å². The first-order chi connectivity index (χ1) is 12.7. The van der Waals surface area contributed by atoms with E-state index < -0.39 is 6.10 Å². The summed E-state index contributed by atoms with van der Waals surface area (Å²) < 4.78 is 24.0. The number of nitrogens with zero attached hydrogens (tertiary/aromatic N) is 1. The van der Waals surface area contributed by atoms with Gasteiger partial charge in [-0.1, -0.05) is 6.92 Å². The summed E-state index contributed by atoms with van der Waals surface area (Å²) in [5.41, 5.74) is 1.83. The van der Waals surface area contributed by atoms with Crippen molar-refractivity contribution in [1.82, 2.24) is 0 Å². The zero-order valence-electron chi connectivity index (χ0n) is 14.8. The molecule has 0 aliphatic carbocycles. The molecule has 3 rings (SSSR count). The summed E-state index contributed by atoms with van der Waals surface area (Å²) in [7, 11) is 0. The number of hydrogen-bond acceptors (Lipinski definition) is 4. The maximum Gasteiger partial charge on any atom is 0.265 e. The summed E-state index contributed by atoms with van der Waals surface area (Å²) in [5.74, 6) is -0.0952. The van der Waals surface area contributed by atoms with Crippen LogP contribution in [0.5, 0.6) is 5.75 Å². The second-order valence-electron chi connectivity index (χ2n) is 6.10. The molecule has 2 aromatic rings. The highest BCUT2D eigenvalue weighted by atomic mass is 19.1. The van der Waals surface area contributed by atoms with Gasteiger partial charge in [0.1, 0.15) is 11.6 Å². The van der Waals surface area contributed by atoms with E-state index in [1.54, 1.807) is 0 Å². The molecule has 0 unspecified atom stereocenters. The molecule has 6 heteroatoms. The van der Waals surface area contributed by atoms with E-state index in [2.05, 4.69) is 10.2 Å². The van der Waals surface area contributed by atoms with Gasteiger partial charge in [0.15, 0.2) is 6.10 Å². The number of nitrogens with one attached hydrogen (secondary N) is 1. The van der Waals surface area contributed by atoms with Crippen LogP contribution in [0.2, 0.25) is 0 Å².